The Balaban J connectivity index is 2.80. The normalized spacial score (nSPS) is 11.4. The first-order valence-corrected chi connectivity index (χ1v) is 6.07. The summed E-state index contributed by atoms with van der Waals surface area (Å²) in [6.45, 7) is 0. The molecule has 6 heteroatoms. The molecule has 0 aliphatic heterocycles. The molecule has 1 aromatic carbocycles. The Hall–Kier alpha value is -0.540. The third-order valence-electron chi connectivity index (χ3n) is 1.65. The summed E-state index contributed by atoms with van der Waals surface area (Å²) < 4.78 is 10.7. The second-order valence-electron chi connectivity index (χ2n) is 2.98. The van der Waals surface area contributed by atoms with Crippen LogP contribution in [-0.4, -0.2) is 23.1 Å². The first-order valence-electron chi connectivity index (χ1n) is 3.90. The number of halogens is 1. The summed E-state index contributed by atoms with van der Waals surface area (Å²) in [5.74, 6) is 0. The second-order valence-corrected chi connectivity index (χ2v) is 5.03. The minimum atomic E-state index is -4.02. The molecule has 0 bridgehead atoms. The number of anilines is 1. The summed E-state index contributed by atoms with van der Waals surface area (Å²) in [6, 6.07) is 6.82. The lowest BCUT2D eigenvalue weighted by Gasteiger charge is -2.19. The van der Waals surface area contributed by atoms with Crippen molar-refractivity contribution in [3.05, 3.63) is 29.3 Å². The van der Waals surface area contributed by atoms with E-state index in [9.17, 15) is 4.57 Å². The van der Waals surface area contributed by atoms with Crippen LogP contribution in [0.4, 0.5) is 5.69 Å². The number of nitrogens with zero attached hydrogens (tertiary/aromatic N) is 1. The van der Waals surface area contributed by atoms with E-state index in [0.717, 1.165) is 0 Å². The predicted octanol–water partition coefficient (Wildman–Crippen LogP) is 1.91. The third-order valence-corrected chi connectivity index (χ3v) is 2.67. The number of benzene rings is 1. The monoisotopic (exact) mass is 235 g/mol. The molecule has 0 unspecified atom stereocenters. The Kier molecular flexibility index (Phi) is 3.56. The van der Waals surface area contributed by atoms with Gasteiger partial charge in [-0.05, 0) is 18.2 Å². The lowest BCUT2D eigenvalue weighted by atomic mass is 10.3. The molecule has 4 nitrogen and oxygen atoms in total. The fourth-order valence-electron chi connectivity index (χ4n) is 1.07. The number of hydrogen-bond acceptors (Lipinski definition) is 2. The predicted molar refractivity (Wildman–Crippen MR) is 56.8 cm³/mol. The van der Waals surface area contributed by atoms with Gasteiger partial charge in [0, 0.05) is 17.8 Å². The molecule has 0 aromatic heterocycles. The number of hydrogen-bond donors (Lipinski definition) is 2. The van der Waals surface area contributed by atoms with Gasteiger partial charge >= 0.3 is 7.60 Å². The average molecular weight is 236 g/mol. The highest BCUT2D eigenvalue weighted by atomic mass is 35.5. The van der Waals surface area contributed by atoms with Gasteiger partial charge in [-0.15, -0.1) is 0 Å². The molecule has 0 saturated carbocycles. The van der Waals surface area contributed by atoms with Crippen LogP contribution in [0.1, 0.15) is 0 Å². The molecule has 0 aliphatic rings. The van der Waals surface area contributed by atoms with Crippen LogP contribution < -0.4 is 4.90 Å². The summed E-state index contributed by atoms with van der Waals surface area (Å²) in [6.07, 6.45) is -0.312. The molecule has 0 spiro atoms. The smallest absolute Gasteiger partial charge is 0.344 e. The lowest BCUT2D eigenvalue weighted by Crippen LogP contribution is -2.18. The maximum Gasteiger partial charge on any atom is 0.344 e. The van der Waals surface area contributed by atoms with Gasteiger partial charge < -0.3 is 14.7 Å². The molecule has 0 radical (unpaired) electrons. The SMILES string of the molecule is CN(CP(=O)(O)O)c1cccc(Cl)c1. The molecule has 1 rings (SSSR count). The van der Waals surface area contributed by atoms with Crippen LogP contribution in [0.2, 0.25) is 5.02 Å². The molecule has 0 heterocycles. The van der Waals surface area contributed by atoms with E-state index in [2.05, 4.69) is 0 Å². The zero-order valence-corrected chi connectivity index (χ0v) is 9.24. The van der Waals surface area contributed by atoms with Crippen molar-refractivity contribution < 1.29 is 14.4 Å². The fourth-order valence-corrected chi connectivity index (χ4v) is 1.97. The zero-order chi connectivity index (χ0) is 10.8. The Morgan fingerprint density at radius 1 is 1.50 bits per heavy atom. The van der Waals surface area contributed by atoms with Gasteiger partial charge in [0.25, 0.3) is 0 Å². The van der Waals surface area contributed by atoms with E-state index >= 15 is 0 Å². The largest absolute Gasteiger partial charge is 0.363 e. The van der Waals surface area contributed by atoms with E-state index in [0.29, 0.717) is 10.7 Å². The van der Waals surface area contributed by atoms with Gasteiger partial charge in [-0.2, -0.15) is 0 Å². The van der Waals surface area contributed by atoms with Gasteiger partial charge in [-0.25, -0.2) is 0 Å². The number of rotatable bonds is 3. The molecule has 2 N–H and O–H groups in total. The van der Waals surface area contributed by atoms with Gasteiger partial charge in [0.05, 0.1) is 0 Å². The standard InChI is InChI=1S/C8H11ClNO3P/c1-10(6-14(11,12)13)8-4-2-3-7(9)5-8/h2-5H,6H2,1H3,(H2,11,12,13). The van der Waals surface area contributed by atoms with Crippen LogP contribution in [0.3, 0.4) is 0 Å². The van der Waals surface area contributed by atoms with Crippen molar-refractivity contribution in [2.75, 3.05) is 18.2 Å². The molecular weight excluding hydrogens is 225 g/mol. The van der Waals surface area contributed by atoms with E-state index in [1.54, 1.807) is 31.3 Å². The summed E-state index contributed by atoms with van der Waals surface area (Å²) in [5.41, 5.74) is 0.681. The maximum absolute atomic E-state index is 10.7. The quantitative estimate of drug-likeness (QED) is 0.786. The van der Waals surface area contributed by atoms with Crippen LogP contribution in [0.15, 0.2) is 24.3 Å². The summed E-state index contributed by atoms with van der Waals surface area (Å²) in [7, 11) is -2.42. The van der Waals surface area contributed by atoms with Gasteiger partial charge in [0.1, 0.15) is 6.29 Å². The molecule has 0 saturated heterocycles. The lowest BCUT2D eigenvalue weighted by molar-refractivity contribution is 0.373. The zero-order valence-electron chi connectivity index (χ0n) is 7.59. The first-order chi connectivity index (χ1) is 6.38. The van der Waals surface area contributed by atoms with Gasteiger partial charge in [0.2, 0.25) is 0 Å². The van der Waals surface area contributed by atoms with Crippen LogP contribution >= 0.6 is 19.2 Å². The highest BCUT2D eigenvalue weighted by molar-refractivity contribution is 7.51. The Labute approximate surface area is 87.3 Å². The fraction of sp³-hybridized carbons (Fsp3) is 0.250. The van der Waals surface area contributed by atoms with Crippen molar-refractivity contribution in [1.82, 2.24) is 0 Å². The third kappa shape index (κ3) is 3.68. The summed E-state index contributed by atoms with van der Waals surface area (Å²) in [4.78, 5) is 19.0. The summed E-state index contributed by atoms with van der Waals surface area (Å²) >= 11 is 5.74. The molecular formula is C8H11ClNO3P. The first kappa shape index (κ1) is 11.5. The van der Waals surface area contributed by atoms with Crippen molar-refractivity contribution in [2.24, 2.45) is 0 Å². The molecule has 1 aromatic rings. The molecule has 0 amide bonds. The Morgan fingerprint density at radius 3 is 2.64 bits per heavy atom. The van der Waals surface area contributed by atoms with E-state index in [1.807, 2.05) is 0 Å². The minimum Gasteiger partial charge on any atom is -0.363 e. The van der Waals surface area contributed by atoms with Gasteiger partial charge in [-0.3, -0.25) is 4.57 Å². The molecule has 0 fully saturated rings. The maximum atomic E-state index is 10.7. The van der Waals surface area contributed by atoms with Crippen molar-refractivity contribution in [2.45, 2.75) is 0 Å². The molecule has 0 atom stereocenters. The van der Waals surface area contributed by atoms with Crippen molar-refractivity contribution in [1.29, 1.82) is 0 Å². The molecule has 78 valence electrons. The highest BCUT2D eigenvalue weighted by Crippen LogP contribution is 2.36. The molecule has 0 aliphatic carbocycles. The second kappa shape index (κ2) is 4.32. The van der Waals surface area contributed by atoms with Gasteiger partial charge in [-0.1, -0.05) is 17.7 Å². The Morgan fingerprint density at radius 2 is 2.14 bits per heavy atom. The minimum absolute atomic E-state index is 0.312. The highest BCUT2D eigenvalue weighted by Gasteiger charge is 2.16. The van der Waals surface area contributed by atoms with Gasteiger partial charge in [0.15, 0.2) is 0 Å². The van der Waals surface area contributed by atoms with E-state index < -0.39 is 7.60 Å². The van der Waals surface area contributed by atoms with Crippen LogP contribution in [0.5, 0.6) is 0 Å². The average Bonchev–Trinajstić information content (AvgIpc) is 2.01. The van der Waals surface area contributed by atoms with E-state index in [1.165, 1.54) is 4.90 Å². The summed E-state index contributed by atoms with van der Waals surface area (Å²) in [5, 5.41) is 0.542. The van der Waals surface area contributed by atoms with Crippen LogP contribution in [-0.2, 0) is 4.57 Å². The van der Waals surface area contributed by atoms with Crippen molar-refractivity contribution >= 4 is 24.9 Å². The van der Waals surface area contributed by atoms with E-state index in [4.69, 9.17) is 21.4 Å². The van der Waals surface area contributed by atoms with Crippen molar-refractivity contribution in [3.63, 3.8) is 0 Å². The Bertz CT molecular complexity index is 365. The van der Waals surface area contributed by atoms with Crippen LogP contribution in [0.25, 0.3) is 0 Å². The van der Waals surface area contributed by atoms with Crippen molar-refractivity contribution in [3.8, 4) is 0 Å². The van der Waals surface area contributed by atoms with E-state index in [-0.39, 0.29) is 6.29 Å². The van der Waals surface area contributed by atoms with Crippen LogP contribution in [0, 0.1) is 0 Å². The topological polar surface area (TPSA) is 60.8 Å². The molecule has 14 heavy (non-hydrogen) atoms.